The minimum absolute atomic E-state index is 0.149. The molecule has 1 saturated carbocycles. The summed E-state index contributed by atoms with van der Waals surface area (Å²) in [5.41, 5.74) is 1.64. The van der Waals surface area contributed by atoms with E-state index < -0.39 is 11.6 Å². The average molecular weight is 323 g/mol. The Bertz CT molecular complexity index is 673. The van der Waals surface area contributed by atoms with Gasteiger partial charge in [-0.15, -0.1) is 0 Å². The highest BCUT2D eigenvalue weighted by Gasteiger charge is 2.24. The predicted octanol–water partition coefficient (Wildman–Crippen LogP) is 6.04. The third-order valence-corrected chi connectivity index (χ3v) is 4.65. The van der Waals surface area contributed by atoms with Crippen LogP contribution in [0.25, 0.3) is 11.1 Å². The molecule has 116 valence electrons. The predicted molar refractivity (Wildman–Crippen MR) is 84.3 cm³/mol. The fourth-order valence-corrected chi connectivity index (χ4v) is 3.65. The van der Waals surface area contributed by atoms with Crippen LogP contribution in [-0.2, 0) is 0 Å². The highest BCUT2D eigenvalue weighted by atomic mass is 35.5. The van der Waals surface area contributed by atoms with Gasteiger partial charge >= 0.3 is 0 Å². The smallest absolute Gasteiger partial charge is 0.126 e. The van der Waals surface area contributed by atoms with E-state index in [0.29, 0.717) is 16.1 Å². The third kappa shape index (κ3) is 2.95. The highest BCUT2D eigenvalue weighted by Crippen LogP contribution is 2.45. The Morgan fingerprint density at radius 2 is 1.59 bits per heavy atom. The van der Waals surface area contributed by atoms with E-state index in [4.69, 9.17) is 11.6 Å². The van der Waals surface area contributed by atoms with E-state index >= 15 is 0 Å². The zero-order valence-electron chi connectivity index (χ0n) is 12.1. The van der Waals surface area contributed by atoms with Crippen LogP contribution in [0.1, 0.15) is 43.6 Å². The molecule has 0 radical (unpaired) electrons. The van der Waals surface area contributed by atoms with Crippen molar-refractivity contribution >= 4 is 11.6 Å². The fraction of sp³-hybridized carbons (Fsp3) is 0.333. The van der Waals surface area contributed by atoms with Crippen LogP contribution in [-0.4, -0.2) is 5.11 Å². The van der Waals surface area contributed by atoms with E-state index in [1.165, 1.54) is 18.6 Å². The minimum atomic E-state index is -0.649. The van der Waals surface area contributed by atoms with Crippen LogP contribution >= 0.6 is 11.6 Å². The van der Waals surface area contributed by atoms with Crippen molar-refractivity contribution < 1.29 is 13.9 Å². The summed E-state index contributed by atoms with van der Waals surface area (Å²) in [4.78, 5) is 0. The summed E-state index contributed by atoms with van der Waals surface area (Å²) >= 11 is 6.30. The van der Waals surface area contributed by atoms with Crippen molar-refractivity contribution in [3.05, 3.63) is 52.6 Å². The van der Waals surface area contributed by atoms with Gasteiger partial charge in [0.2, 0.25) is 0 Å². The zero-order valence-corrected chi connectivity index (χ0v) is 12.8. The van der Waals surface area contributed by atoms with E-state index in [1.807, 2.05) is 0 Å². The molecule has 0 saturated heterocycles. The molecule has 0 amide bonds. The molecule has 0 atom stereocenters. The molecule has 1 nitrogen and oxygen atoms in total. The van der Waals surface area contributed by atoms with Crippen molar-refractivity contribution in [2.75, 3.05) is 0 Å². The van der Waals surface area contributed by atoms with E-state index in [0.717, 1.165) is 37.3 Å². The van der Waals surface area contributed by atoms with Crippen molar-refractivity contribution in [1.82, 2.24) is 0 Å². The molecule has 0 bridgehead atoms. The lowest BCUT2D eigenvalue weighted by atomic mass is 9.80. The van der Waals surface area contributed by atoms with Crippen LogP contribution in [0, 0.1) is 11.6 Å². The molecule has 0 aliphatic heterocycles. The Labute approximate surface area is 133 Å². The largest absolute Gasteiger partial charge is 0.508 e. The Morgan fingerprint density at radius 1 is 0.955 bits per heavy atom. The average Bonchev–Trinajstić information content (AvgIpc) is 2.49. The first-order valence-electron chi connectivity index (χ1n) is 7.54. The lowest BCUT2D eigenvalue weighted by Crippen LogP contribution is -2.07. The molecule has 0 spiro atoms. The van der Waals surface area contributed by atoms with E-state index in [-0.39, 0.29) is 11.7 Å². The first-order chi connectivity index (χ1) is 10.6. The number of phenolic OH excluding ortho intramolecular Hbond substituents is 1. The van der Waals surface area contributed by atoms with Crippen molar-refractivity contribution in [3.8, 4) is 16.9 Å². The number of phenols is 1. The first-order valence-corrected chi connectivity index (χ1v) is 7.92. The maximum Gasteiger partial charge on any atom is 0.126 e. The number of hydrogen-bond donors (Lipinski definition) is 1. The number of halogens is 3. The van der Waals surface area contributed by atoms with Gasteiger partial charge in [0.05, 0.1) is 0 Å². The summed E-state index contributed by atoms with van der Waals surface area (Å²) < 4.78 is 27.1. The molecule has 0 aromatic heterocycles. The third-order valence-electron chi connectivity index (χ3n) is 4.34. The van der Waals surface area contributed by atoms with Gasteiger partial charge in [-0.25, -0.2) is 8.78 Å². The van der Waals surface area contributed by atoms with Gasteiger partial charge in [0.1, 0.15) is 17.4 Å². The molecule has 22 heavy (non-hydrogen) atoms. The number of benzene rings is 2. The second-order valence-electron chi connectivity index (χ2n) is 5.85. The van der Waals surface area contributed by atoms with Crippen molar-refractivity contribution in [3.63, 3.8) is 0 Å². The lowest BCUT2D eigenvalue weighted by Gasteiger charge is -2.26. The zero-order chi connectivity index (χ0) is 15.7. The normalized spacial score (nSPS) is 16.0. The van der Waals surface area contributed by atoms with Gasteiger partial charge in [-0.2, -0.15) is 0 Å². The first kappa shape index (κ1) is 15.3. The lowest BCUT2D eigenvalue weighted by molar-refractivity contribution is 0.415. The molecule has 1 N–H and O–H groups in total. The summed E-state index contributed by atoms with van der Waals surface area (Å²) in [5.74, 6) is -0.974. The quantitative estimate of drug-likeness (QED) is 0.714. The molecular weight excluding hydrogens is 306 g/mol. The fourth-order valence-electron chi connectivity index (χ4n) is 3.38. The maximum absolute atomic E-state index is 13.6. The van der Waals surface area contributed by atoms with E-state index in [9.17, 15) is 13.9 Å². The molecule has 2 aromatic carbocycles. The van der Waals surface area contributed by atoms with Gasteiger partial charge in [-0.3, -0.25) is 0 Å². The molecular formula is C18H17ClF2O. The van der Waals surface area contributed by atoms with Crippen LogP contribution in [0.4, 0.5) is 8.78 Å². The topological polar surface area (TPSA) is 20.2 Å². The Balaban J connectivity index is 2.18. The highest BCUT2D eigenvalue weighted by molar-refractivity contribution is 6.33. The van der Waals surface area contributed by atoms with Crippen LogP contribution in [0.2, 0.25) is 5.02 Å². The monoisotopic (exact) mass is 322 g/mol. The molecule has 3 rings (SSSR count). The standard InChI is InChI=1S/C18H17ClF2O/c19-15-6-7-16(22)18(11-4-2-1-3-5-11)17(15)12-8-13(20)10-14(21)9-12/h6-11,22H,1-5H2. The summed E-state index contributed by atoms with van der Waals surface area (Å²) in [6, 6.07) is 6.49. The molecule has 0 heterocycles. The van der Waals surface area contributed by atoms with Gasteiger partial charge in [-0.1, -0.05) is 30.9 Å². The second kappa shape index (κ2) is 6.25. The number of aromatic hydroxyl groups is 1. The molecule has 1 aliphatic rings. The number of rotatable bonds is 2. The summed E-state index contributed by atoms with van der Waals surface area (Å²) in [6.45, 7) is 0. The van der Waals surface area contributed by atoms with Crippen molar-refractivity contribution in [1.29, 1.82) is 0 Å². The Morgan fingerprint density at radius 3 is 2.23 bits per heavy atom. The van der Waals surface area contributed by atoms with Gasteiger partial charge in [0.25, 0.3) is 0 Å². The second-order valence-corrected chi connectivity index (χ2v) is 6.26. The van der Waals surface area contributed by atoms with Gasteiger partial charge < -0.3 is 5.11 Å². The number of hydrogen-bond acceptors (Lipinski definition) is 1. The Hall–Kier alpha value is -1.61. The van der Waals surface area contributed by atoms with Crippen molar-refractivity contribution in [2.24, 2.45) is 0 Å². The van der Waals surface area contributed by atoms with Crippen LogP contribution in [0.3, 0.4) is 0 Å². The summed E-state index contributed by atoms with van der Waals surface area (Å²) in [6.07, 6.45) is 5.28. The SMILES string of the molecule is Oc1ccc(Cl)c(-c2cc(F)cc(F)c2)c1C1CCCCC1. The Kier molecular flexibility index (Phi) is 4.34. The van der Waals surface area contributed by atoms with Gasteiger partial charge in [0, 0.05) is 22.2 Å². The summed E-state index contributed by atoms with van der Waals surface area (Å²) in [5, 5.41) is 10.7. The molecule has 1 aliphatic carbocycles. The maximum atomic E-state index is 13.6. The van der Waals surface area contributed by atoms with Crippen LogP contribution in [0.5, 0.6) is 5.75 Å². The van der Waals surface area contributed by atoms with Crippen molar-refractivity contribution in [2.45, 2.75) is 38.0 Å². The summed E-state index contributed by atoms with van der Waals surface area (Å²) in [7, 11) is 0. The van der Waals surface area contributed by atoms with Crippen LogP contribution in [0.15, 0.2) is 30.3 Å². The van der Waals surface area contributed by atoms with E-state index in [1.54, 1.807) is 12.1 Å². The molecule has 1 fully saturated rings. The van der Waals surface area contributed by atoms with Gasteiger partial charge in [0.15, 0.2) is 0 Å². The molecule has 0 unspecified atom stereocenters. The van der Waals surface area contributed by atoms with E-state index in [2.05, 4.69) is 0 Å². The van der Waals surface area contributed by atoms with Crippen LogP contribution < -0.4 is 0 Å². The minimum Gasteiger partial charge on any atom is -0.508 e. The molecule has 2 aromatic rings. The van der Waals surface area contributed by atoms with Gasteiger partial charge in [-0.05, 0) is 48.6 Å². The molecule has 4 heteroatoms.